The van der Waals surface area contributed by atoms with E-state index in [-0.39, 0.29) is 0 Å². The number of hydrogen-bond donors (Lipinski definition) is 0. The fraction of sp³-hybridized carbons (Fsp3) is 1.00. The molecule has 68 valence electrons. The van der Waals surface area contributed by atoms with E-state index in [0.717, 1.165) is 0 Å². The first-order valence-corrected chi connectivity index (χ1v) is 14.6. The summed E-state index contributed by atoms with van der Waals surface area (Å²) in [7, 11) is 0. The molecule has 0 aliphatic heterocycles. The van der Waals surface area contributed by atoms with Crippen LogP contribution >= 0.6 is 0 Å². The first kappa shape index (κ1) is 11.9. The van der Waals surface area contributed by atoms with Gasteiger partial charge in [-0.1, -0.05) is 0 Å². The third-order valence-electron chi connectivity index (χ3n) is 2.42. The molecular weight excluding hydrogens is 331 g/mol. The van der Waals surface area contributed by atoms with Crippen molar-refractivity contribution in [2.24, 2.45) is 0 Å². The quantitative estimate of drug-likeness (QED) is 0.688. The Bertz CT molecular complexity index is 89.5. The van der Waals surface area contributed by atoms with Crippen molar-refractivity contribution in [2.75, 3.05) is 0 Å². The normalized spacial score (nSPS) is 12.5. The molecular formula is C9H22OPb. The fourth-order valence-corrected chi connectivity index (χ4v) is 13.2. The van der Waals surface area contributed by atoms with Crippen molar-refractivity contribution in [3.05, 3.63) is 0 Å². The average molecular weight is 353 g/mol. The van der Waals surface area contributed by atoms with E-state index < -0.39 is 21.6 Å². The van der Waals surface area contributed by atoms with E-state index in [2.05, 4.69) is 34.6 Å². The summed E-state index contributed by atoms with van der Waals surface area (Å²) in [5, 5.41) is 0. The molecule has 1 nitrogen and oxygen atoms in total. The Kier molecular flexibility index (Phi) is 5.96. The number of rotatable bonds is 5. The molecule has 0 spiro atoms. The van der Waals surface area contributed by atoms with Crippen LogP contribution in [0.2, 0.25) is 11.9 Å². The Labute approximate surface area is 76.8 Å². The van der Waals surface area contributed by atoms with Crippen molar-refractivity contribution in [2.45, 2.75) is 52.7 Å². The summed E-state index contributed by atoms with van der Waals surface area (Å²) >= 11 is -2.14. The van der Waals surface area contributed by atoms with Crippen molar-refractivity contribution in [3.8, 4) is 0 Å². The van der Waals surface area contributed by atoms with Gasteiger partial charge in [-0.05, 0) is 0 Å². The van der Waals surface area contributed by atoms with Crippen LogP contribution in [0, 0.1) is 0 Å². The minimum atomic E-state index is -2.14. The molecule has 0 aromatic rings. The zero-order chi connectivity index (χ0) is 8.91. The second kappa shape index (κ2) is 5.51. The topological polar surface area (TPSA) is 9.23 Å². The minimum absolute atomic E-state index is 0.455. The van der Waals surface area contributed by atoms with Crippen LogP contribution in [-0.2, 0) is 2.69 Å². The molecule has 0 rings (SSSR count). The van der Waals surface area contributed by atoms with Crippen molar-refractivity contribution >= 4 is 21.6 Å². The fourth-order valence-electron chi connectivity index (χ4n) is 1.50. The molecule has 0 heterocycles. The van der Waals surface area contributed by atoms with Gasteiger partial charge in [-0.25, -0.2) is 0 Å². The number of hydrogen-bond acceptors (Lipinski definition) is 1. The van der Waals surface area contributed by atoms with E-state index in [9.17, 15) is 0 Å². The molecule has 0 saturated carbocycles. The van der Waals surface area contributed by atoms with E-state index in [4.69, 9.17) is 2.69 Å². The monoisotopic (exact) mass is 354 g/mol. The van der Waals surface area contributed by atoms with Crippen LogP contribution in [0.1, 0.15) is 34.6 Å². The Morgan fingerprint density at radius 3 is 1.45 bits per heavy atom. The van der Waals surface area contributed by atoms with Gasteiger partial charge in [0.25, 0.3) is 0 Å². The van der Waals surface area contributed by atoms with Gasteiger partial charge in [0.05, 0.1) is 0 Å². The van der Waals surface area contributed by atoms with Gasteiger partial charge in [0.1, 0.15) is 0 Å². The van der Waals surface area contributed by atoms with Gasteiger partial charge < -0.3 is 0 Å². The van der Waals surface area contributed by atoms with Crippen LogP contribution in [0.15, 0.2) is 0 Å². The van der Waals surface area contributed by atoms with Crippen molar-refractivity contribution < 1.29 is 2.69 Å². The van der Waals surface area contributed by atoms with E-state index in [1.165, 1.54) is 11.9 Å². The third-order valence-corrected chi connectivity index (χ3v) is 21.2. The first-order valence-electron chi connectivity index (χ1n) is 4.78. The van der Waals surface area contributed by atoms with E-state index in [1.807, 2.05) is 0 Å². The molecule has 0 saturated heterocycles. The van der Waals surface area contributed by atoms with Gasteiger partial charge >= 0.3 is 77.0 Å². The van der Waals surface area contributed by atoms with Crippen molar-refractivity contribution in [3.63, 3.8) is 0 Å². The van der Waals surface area contributed by atoms with Crippen LogP contribution in [0.4, 0.5) is 0 Å². The van der Waals surface area contributed by atoms with E-state index >= 15 is 0 Å². The van der Waals surface area contributed by atoms with E-state index in [1.54, 1.807) is 0 Å². The molecule has 0 amide bonds. The van der Waals surface area contributed by atoms with Gasteiger partial charge in [-0.3, -0.25) is 0 Å². The first-order chi connectivity index (χ1) is 5.10. The summed E-state index contributed by atoms with van der Waals surface area (Å²) in [6, 6.07) is 0. The summed E-state index contributed by atoms with van der Waals surface area (Å²) in [5.41, 5.74) is 0. The van der Waals surface area contributed by atoms with Crippen LogP contribution in [0.3, 0.4) is 0 Å². The Hall–Kier alpha value is 0.882. The van der Waals surface area contributed by atoms with Crippen LogP contribution in [-0.4, -0.2) is 27.7 Å². The molecule has 0 aliphatic rings. The zero-order valence-electron chi connectivity index (χ0n) is 8.61. The molecule has 0 aromatic carbocycles. The Balaban J connectivity index is 4.05. The molecule has 0 N–H and O–H groups in total. The summed E-state index contributed by atoms with van der Waals surface area (Å²) in [5.74, 6) is 0. The van der Waals surface area contributed by atoms with Crippen LogP contribution < -0.4 is 0 Å². The molecule has 11 heavy (non-hydrogen) atoms. The summed E-state index contributed by atoms with van der Waals surface area (Å²) < 4.78 is 10.1. The predicted molar refractivity (Wildman–Crippen MR) is 53.4 cm³/mol. The van der Waals surface area contributed by atoms with Crippen molar-refractivity contribution in [1.29, 1.82) is 0 Å². The molecule has 0 aromatic heterocycles. The standard InChI is InChI=1S/C3H7O.3C2H5.Pb/c1-3(2)4;3*1-2;/h3H,1-2H3;3*1H2,2H3;/q-1;;;;+1. The second-order valence-electron chi connectivity index (χ2n) is 3.41. The molecule has 0 aliphatic carbocycles. The van der Waals surface area contributed by atoms with Crippen LogP contribution in [0.25, 0.3) is 0 Å². The molecule has 2 heteroatoms. The van der Waals surface area contributed by atoms with Gasteiger partial charge in [-0.2, -0.15) is 0 Å². The zero-order valence-corrected chi connectivity index (χ0v) is 12.5. The van der Waals surface area contributed by atoms with Gasteiger partial charge in [0, 0.05) is 0 Å². The molecule has 0 radical (unpaired) electrons. The van der Waals surface area contributed by atoms with Gasteiger partial charge in [0.2, 0.25) is 0 Å². The van der Waals surface area contributed by atoms with Crippen molar-refractivity contribution in [1.82, 2.24) is 0 Å². The average Bonchev–Trinajstić information content (AvgIpc) is 2.00. The van der Waals surface area contributed by atoms with Crippen LogP contribution in [0.5, 0.6) is 0 Å². The summed E-state index contributed by atoms with van der Waals surface area (Å²) in [6.07, 6.45) is 0.455. The molecule has 0 atom stereocenters. The molecule has 0 unspecified atom stereocenters. The maximum atomic E-state index is 6.11. The predicted octanol–water partition coefficient (Wildman–Crippen LogP) is 3.42. The Morgan fingerprint density at radius 2 is 1.36 bits per heavy atom. The second-order valence-corrected chi connectivity index (χ2v) is 21.8. The summed E-state index contributed by atoms with van der Waals surface area (Å²) in [4.78, 5) is 0. The molecule has 0 bridgehead atoms. The Morgan fingerprint density at radius 1 is 1.00 bits per heavy atom. The van der Waals surface area contributed by atoms with Gasteiger partial charge in [0.15, 0.2) is 0 Å². The van der Waals surface area contributed by atoms with Gasteiger partial charge in [-0.15, -0.1) is 0 Å². The molecule has 0 fully saturated rings. The third kappa shape index (κ3) is 3.88. The van der Waals surface area contributed by atoms with E-state index in [0.29, 0.717) is 6.10 Å². The maximum absolute atomic E-state index is 6.11. The summed E-state index contributed by atoms with van der Waals surface area (Å²) in [6.45, 7) is 11.2. The SMILES string of the molecule is C[CH2][Pb]([CH2]C)([CH2]C)[O]C(C)C.